The van der Waals surface area contributed by atoms with Crippen molar-refractivity contribution in [3.63, 3.8) is 0 Å². The highest BCUT2D eigenvalue weighted by molar-refractivity contribution is 7.14. The number of anilines is 1. The van der Waals surface area contributed by atoms with Crippen molar-refractivity contribution in [1.29, 1.82) is 0 Å². The minimum atomic E-state index is -1.13. The summed E-state index contributed by atoms with van der Waals surface area (Å²) in [6.07, 6.45) is -1.13. The molecule has 2 atom stereocenters. The van der Waals surface area contributed by atoms with Gasteiger partial charge in [-0.15, -0.1) is 11.3 Å². The van der Waals surface area contributed by atoms with E-state index in [4.69, 9.17) is 10.5 Å². The molecule has 0 aliphatic carbocycles. The normalized spacial score (nSPS) is 12.5. The van der Waals surface area contributed by atoms with Crippen LogP contribution < -0.4 is 16.4 Å². The highest BCUT2D eigenvalue weighted by Gasteiger charge is 2.24. The molecule has 0 aliphatic heterocycles. The number of hydrogen-bond donors (Lipinski definition) is 3. The fourth-order valence-electron chi connectivity index (χ4n) is 2.07. The highest BCUT2D eigenvalue weighted by Crippen LogP contribution is 2.23. The largest absolute Gasteiger partial charge is 0.451 e. The molecular formula is C18H19N3O5S. The van der Waals surface area contributed by atoms with Crippen molar-refractivity contribution >= 4 is 40.0 Å². The Morgan fingerprint density at radius 2 is 1.74 bits per heavy atom. The van der Waals surface area contributed by atoms with Gasteiger partial charge in [-0.2, -0.15) is 0 Å². The van der Waals surface area contributed by atoms with Crippen LogP contribution in [0.25, 0.3) is 0 Å². The number of hydrogen-bond acceptors (Lipinski definition) is 6. The van der Waals surface area contributed by atoms with Crippen LogP contribution in [-0.4, -0.2) is 35.8 Å². The van der Waals surface area contributed by atoms with E-state index < -0.39 is 35.8 Å². The Morgan fingerprint density at radius 3 is 2.37 bits per heavy atom. The van der Waals surface area contributed by atoms with Crippen molar-refractivity contribution in [3.05, 3.63) is 52.9 Å². The van der Waals surface area contributed by atoms with E-state index in [2.05, 4.69) is 10.6 Å². The number of ether oxygens (including phenoxy) is 1. The molecule has 0 saturated carbocycles. The maximum absolute atomic E-state index is 12.2. The average Bonchev–Trinajstić information content (AvgIpc) is 3.10. The minimum absolute atomic E-state index is 0.176. The molecule has 0 radical (unpaired) electrons. The third kappa shape index (κ3) is 5.38. The first-order valence-corrected chi connectivity index (χ1v) is 8.92. The summed E-state index contributed by atoms with van der Waals surface area (Å²) in [4.78, 5) is 47.6. The van der Waals surface area contributed by atoms with E-state index in [1.807, 2.05) is 0 Å². The van der Waals surface area contributed by atoms with E-state index in [0.29, 0.717) is 5.56 Å². The number of esters is 1. The van der Waals surface area contributed by atoms with E-state index in [0.717, 1.165) is 11.3 Å². The molecule has 8 nitrogen and oxygen atoms in total. The van der Waals surface area contributed by atoms with Crippen molar-refractivity contribution in [1.82, 2.24) is 5.32 Å². The molecule has 0 spiro atoms. The van der Waals surface area contributed by atoms with Crippen LogP contribution in [0.1, 0.15) is 34.6 Å². The molecule has 1 aromatic heterocycles. The molecule has 0 saturated heterocycles. The van der Waals surface area contributed by atoms with Crippen LogP contribution in [0.2, 0.25) is 0 Å². The van der Waals surface area contributed by atoms with Gasteiger partial charge in [0.2, 0.25) is 0 Å². The molecule has 0 aliphatic rings. The Kier molecular flexibility index (Phi) is 6.67. The van der Waals surface area contributed by atoms with Gasteiger partial charge in [-0.1, -0.05) is 18.2 Å². The second kappa shape index (κ2) is 8.95. The number of carbonyl (C=O) groups excluding carboxylic acids is 4. The number of amides is 3. The van der Waals surface area contributed by atoms with Crippen molar-refractivity contribution in [2.45, 2.75) is 26.0 Å². The van der Waals surface area contributed by atoms with Gasteiger partial charge >= 0.3 is 5.97 Å². The average molecular weight is 389 g/mol. The number of nitrogens with two attached hydrogens (primary N) is 1. The number of thiophene rings is 1. The number of benzene rings is 1. The van der Waals surface area contributed by atoms with Gasteiger partial charge in [0.05, 0.1) is 5.56 Å². The van der Waals surface area contributed by atoms with Crippen molar-refractivity contribution in [2.75, 3.05) is 5.32 Å². The summed E-state index contributed by atoms with van der Waals surface area (Å²) < 4.78 is 5.08. The van der Waals surface area contributed by atoms with Gasteiger partial charge in [-0.3, -0.25) is 14.4 Å². The van der Waals surface area contributed by atoms with Crippen LogP contribution in [0, 0.1) is 0 Å². The predicted octanol–water partition coefficient (Wildman–Crippen LogP) is 1.54. The van der Waals surface area contributed by atoms with Gasteiger partial charge in [0.15, 0.2) is 6.10 Å². The number of primary amides is 1. The van der Waals surface area contributed by atoms with Crippen LogP contribution in [0.15, 0.2) is 41.8 Å². The molecule has 1 heterocycles. The van der Waals surface area contributed by atoms with Crippen LogP contribution in [-0.2, 0) is 14.3 Å². The van der Waals surface area contributed by atoms with E-state index >= 15 is 0 Å². The molecule has 3 amide bonds. The van der Waals surface area contributed by atoms with Crippen molar-refractivity contribution in [2.24, 2.45) is 5.73 Å². The lowest BCUT2D eigenvalue weighted by molar-refractivity contribution is -0.154. The lowest BCUT2D eigenvalue weighted by atomic mass is 10.2. The summed E-state index contributed by atoms with van der Waals surface area (Å²) >= 11 is 1.12. The highest BCUT2D eigenvalue weighted by atomic mass is 32.1. The third-order valence-corrected chi connectivity index (χ3v) is 4.40. The molecule has 1 aromatic carbocycles. The lowest BCUT2D eigenvalue weighted by Gasteiger charge is -2.17. The zero-order valence-corrected chi connectivity index (χ0v) is 15.5. The van der Waals surface area contributed by atoms with Gasteiger partial charge in [-0.25, -0.2) is 4.79 Å². The maximum Gasteiger partial charge on any atom is 0.329 e. The van der Waals surface area contributed by atoms with Crippen molar-refractivity contribution in [3.8, 4) is 0 Å². The van der Waals surface area contributed by atoms with Gasteiger partial charge in [0.1, 0.15) is 11.0 Å². The Bertz CT molecular complexity index is 850. The van der Waals surface area contributed by atoms with E-state index in [1.54, 1.807) is 35.7 Å². The van der Waals surface area contributed by atoms with Gasteiger partial charge in [0.25, 0.3) is 17.7 Å². The monoisotopic (exact) mass is 389 g/mol. The SMILES string of the molecule is C[C@H](NC(=O)c1ccccc1)C(=O)O[C@@H](C)C(=O)Nc1sccc1C(N)=O. The van der Waals surface area contributed by atoms with Gasteiger partial charge < -0.3 is 21.1 Å². The van der Waals surface area contributed by atoms with Crippen molar-refractivity contribution < 1.29 is 23.9 Å². The molecule has 4 N–H and O–H groups in total. The van der Waals surface area contributed by atoms with Gasteiger partial charge in [0, 0.05) is 5.56 Å². The Hall–Kier alpha value is -3.20. The standard InChI is InChI=1S/C18H19N3O5S/c1-10(20-16(24)12-6-4-3-5-7-12)18(25)26-11(2)15(23)21-17-13(14(19)22)8-9-27-17/h3-11H,1-2H3,(H2,19,22)(H,20,24)(H,21,23)/t10-,11-/m0/s1. The number of nitrogens with one attached hydrogen (secondary N) is 2. The molecule has 27 heavy (non-hydrogen) atoms. The second-order valence-corrected chi connectivity index (χ2v) is 6.57. The van der Waals surface area contributed by atoms with Crippen LogP contribution in [0.5, 0.6) is 0 Å². The first-order valence-electron chi connectivity index (χ1n) is 8.04. The third-order valence-electron chi connectivity index (χ3n) is 3.57. The summed E-state index contributed by atoms with van der Waals surface area (Å²) in [7, 11) is 0. The molecule has 9 heteroatoms. The lowest BCUT2D eigenvalue weighted by Crippen LogP contribution is -2.42. The zero-order valence-electron chi connectivity index (χ0n) is 14.7. The minimum Gasteiger partial charge on any atom is -0.451 e. The molecular weight excluding hydrogens is 370 g/mol. The summed E-state index contributed by atoms with van der Waals surface area (Å²) in [6, 6.07) is 8.94. The summed E-state index contributed by atoms with van der Waals surface area (Å²) in [6.45, 7) is 2.84. The first-order chi connectivity index (χ1) is 12.8. The Morgan fingerprint density at radius 1 is 1.07 bits per heavy atom. The van der Waals surface area contributed by atoms with Crippen LogP contribution in [0.4, 0.5) is 5.00 Å². The topological polar surface area (TPSA) is 128 Å². The van der Waals surface area contributed by atoms with E-state index in [1.165, 1.54) is 19.9 Å². The second-order valence-electron chi connectivity index (χ2n) is 5.66. The molecule has 0 bridgehead atoms. The Balaban J connectivity index is 1.90. The van der Waals surface area contributed by atoms with Gasteiger partial charge in [-0.05, 0) is 37.4 Å². The van der Waals surface area contributed by atoms with Crippen LogP contribution >= 0.6 is 11.3 Å². The summed E-state index contributed by atoms with van der Waals surface area (Å²) in [5.74, 6) is -2.48. The first kappa shape index (κ1) is 20.1. The molecule has 2 aromatic rings. The smallest absolute Gasteiger partial charge is 0.329 e. The Labute approximate surface area is 159 Å². The van der Waals surface area contributed by atoms with Crippen LogP contribution in [0.3, 0.4) is 0 Å². The maximum atomic E-state index is 12.2. The van der Waals surface area contributed by atoms with E-state index in [9.17, 15) is 19.2 Å². The molecule has 2 rings (SSSR count). The zero-order chi connectivity index (χ0) is 20.0. The molecule has 0 fully saturated rings. The fourth-order valence-corrected chi connectivity index (χ4v) is 2.87. The number of rotatable bonds is 7. The van der Waals surface area contributed by atoms with E-state index in [-0.39, 0.29) is 10.6 Å². The summed E-state index contributed by atoms with van der Waals surface area (Å²) in [5.41, 5.74) is 5.80. The number of carbonyl (C=O) groups is 4. The quantitative estimate of drug-likeness (QED) is 0.619. The molecule has 0 unspecified atom stereocenters. The fraction of sp³-hybridized carbons (Fsp3) is 0.222. The summed E-state index contributed by atoms with van der Waals surface area (Å²) in [5, 5.41) is 6.89. The predicted molar refractivity (Wildman–Crippen MR) is 100 cm³/mol. The molecule has 142 valence electrons.